The minimum atomic E-state index is -3.59. The highest BCUT2D eigenvalue weighted by atomic mass is 32.2. The Bertz CT molecular complexity index is 555. The van der Waals surface area contributed by atoms with Gasteiger partial charge in [0.05, 0.1) is 17.2 Å². The number of rotatable bonds is 6. The molecule has 7 heteroatoms. The van der Waals surface area contributed by atoms with Crippen LogP contribution in [0.5, 0.6) is 5.75 Å². The summed E-state index contributed by atoms with van der Waals surface area (Å²) in [5.74, 6) is -0.117. The minimum absolute atomic E-state index is 0.0511. The maximum absolute atomic E-state index is 12.5. The Morgan fingerprint density at radius 1 is 1.47 bits per heavy atom. The summed E-state index contributed by atoms with van der Waals surface area (Å²) in [5.41, 5.74) is 5.61. The van der Waals surface area contributed by atoms with Gasteiger partial charge in [-0.3, -0.25) is 0 Å². The fourth-order valence-corrected chi connectivity index (χ4v) is 3.58. The molecule has 1 saturated carbocycles. The third-order valence-corrected chi connectivity index (χ3v) is 5.02. The molecule has 0 heterocycles. The summed E-state index contributed by atoms with van der Waals surface area (Å²) in [5, 5.41) is 9.36. The molecule has 1 aromatic carbocycles. The molecule has 0 aromatic heterocycles. The van der Waals surface area contributed by atoms with Crippen molar-refractivity contribution in [3.05, 3.63) is 18.2 Å². The number of phenolic OH excluding ortho intramolecular Hbond substituents is 1. The molecule has 0 aliphatic heterocycles. The van der Waals surface area contributed by atoms with Gasteiger partial charge in [-0.1, -0.05) is 0 Å². The number of phenols is 1. The van der Waals surface area contributed by atoms with E-state index in [4.69, 9.17) is 10.5 Å². The van der Waals surface area contributed by atoms with Gasteiger partial charge in [0.15, 0.2) is 0 Å². The normalized spacial score (nSPS) is 15.9. The summed E-state index contributed by atoms with van der Waals surface area (Å²) in [6.45, 7) is 0.674. The predicted octanol–water partition coefficient (Wildman–Crippen LogP) is 0.774. The van der Waals surface area contributed by atoms with E-state index in [0.717, 1.165) is 12.8 Å². The van der Waals surface area contributed by atoms with E-state index in [2.05, 4.69) is 0 Å². The van der Waals surface area contributed by atoms with Crippen LogP contribution in [0.1, 0.15) is 12.8 Å². The number of aromatic hydroxyl groups is 1. The molecule has 0 atom stereocenters. The van der Waals surface area contributed by atoms with Crippen LogP contribution in [0.4, 0.5) is 5.69 Å². The highest BCUT2D eigenvalue weighted by molar-refractivity contribution is 7.89. The van der Waals surface area contributed by atoms with Crippen LogP contribution in [0.15, 0.2) is 23.1 Å². The Balaban J connectivity index is 2.30. The van der Waals surface area contributed by atoms with Gasteiger partial charge in [-0.25, -0.2) is 8.42 Å². The maximum Gasteiger partial charge on any atom is 0.243 e. The smallest absolute Gasteiger partial charge is 0.243 e. The predicted molar refractivity (Wildman–Crippen MR) is 71.3 cm³/mol. The molecule has 19 heavy (non-hydrogen) atoms. The van der Waals surface area contributed by atoms with Crippen molar-refractivity contribution in [2.45, 2.75) is 23.8 Å². The Morgan fingerprint density at radius 2 is 2.16 bits per heavy atom. The molecule has 0 bridgehead atoms. The molecule has 2 rings (SSSR count). The molecule has 1 fully saturated rings. The number of sulfonamides is 1. The van der Waals surface area contributed by atoms with E-state index in [1.54, 1.807) is 0 Å². The number of methoxy groups -OCH3 is 1. The molecule has 1 aliphatic rings. The zero-order valence-corrected chi connectivity index (χ0v) is 11.6. The molecule has 3 N–H and O–H groups in total. The Morgan fingerprint density at radius 3 is 2.68 bits per heavy atom. The standard InChI is InChI=1S/C12H18N2O4S/c1-18-7-6-14(9-2-3-9)19(16,17)10-4-5-12(15)11(13)8-10/h4-5,8-9,15H,2-3,6-7,13H2,1H3. The lowest BCUT2D eigenvalue weighted by molar-refractivity contribution is 0.177. The average molecular weight is 286 g/mol. The summed E-state index contributed by atoms with van der Waals surface area (Å²) < 4.78 is 31.4. The molecular weight excluding hydrogens is 268 g/mol. The fourth-order valence-electron chi connectivity index (χ4n) is 1.87. The summed E-state index contributed by atoms with van der Waals surface area (Å²) in [6, 6.07) is 4.00. The van der Waals surface area contributed by atoms with Crippen molar-refractivity contribution in [1.82, 2.24) is 4.31 Å². The number of benzene rings is 1. The van der Waals surface area contributed by atoms with Gasteiger partial charge < -0.3 is 15.6 Å². The topological polar surface area (TPSA) is 92.9 Å². The monoisotopic (exact) mass is 286 g/mol. The molecule has 106 valence electrons. The van der Waals surface area contributed by atoms with Crippen LogP contribution >= 0.6 is 0 Å². The van der Waals surface area contributed by atoms with Crippen molar-refractivity contribution in [3.63, 3.8) is 0 Å². The number of hydrogen-bond donors (Lipinski definition) is 2. The first kappa shape index (κ1) is 14.1. The van der Waals surface area contributed by atoms with Crippen LogP contribution < -0.4 is 5.73 Å². The number of anilines is 1. The van der Waals surface area contributed by atoms with Crippen molar-refractivity contribution in [1.29, 1.82) is 0 Å². The first-order valence-electron chi connectivity index (χ1n) is 6.06. The third kappa shape index (κ3) is 2.99. The molecule has 0 amide bonds. The van der Waals surface area contributed by atoms with Crippen molar-refractivity contribution >= 4 is 15.7 Å². The second-order valence-electron chi connectivity index (χ2n) is 4.56. The lowest BCUT2D eigenvalue weighted by Crippen LogP contribution is -2.35. The van der Waals surface area contributed by atoms with E-state index >= 15 is 0 Å². The van der Waals surface area contributed by atoms with Crippen molar-refractivity contribution < 1.29 is 18.3 Å². The number of ether oxygens (including phenoxy) is 1. The van der Waals surface area contributed by atoms with Gasteiger partial charge in [0.25, 0.3) is 0 Å². The highest BCUT2D eigenvalue weighted by Crippen LogP contribution is 2.33. The fraction of sp³-hybridized carbons (Fsp3) is 0.500. The second kappa shape index (κ2) is 5.36. The van der Waals surface area contributed by atoms with Gasteiger partial charge in [0, 0.05) is 19.7 Å². The molecule has 1 aliphatic carbocycles. The summed E-state index contributed by atoms with van der Waals surface area (Å²) in [7, 11) is -2.05. The van der Waals surface area contributed by atoms with Crippen LogP contribution in [0.3, 0.4) is 0 Å². The number of nitrogens with two attached hydrogens (primary N) is 1. The average Bonchev–Trinajstić information content (AvgIpc) is 3.17. The van der Waals surface area contributed by atoms with Crippen LogP contribution in [0, 0.1) is 0 Å². The zero-order chi connectivity index (χ0) is 14.0. The maximum atomic E-state index is 12.5. The number of hydrogen-bond acceptors (Lipinski definition) is 5. The molecule has 0 radical (unpaired) electrons. The van der Waals surface area contributed by atoms with Gasteiger partial charge in [-0.05, 0) is 31.0 Å². The molecule has 0 saturated heterocycles. The van der Waals surface area contributed by atoms with Crippen LogP contribution in [0.2, 0.25) is 0 Å². The highest BCUT2D eigenvalue weighted by Gasteiger charge is 2.37. The quantitative estimate of drug-likeness (QED) is 0.595. The Labute approximate surface area is 112 Å². The van der Waals surface area contributed by atoms with Gasteiger partial charge in [-0.2, -0.15) is 4.31 Å². The van der Waals surface area contributed by atoms with E-state index in [9.17, 15) is 13.5 Å². The first-order valence-corrected chi connectivity index (χ1v) is 7.50. The van der Waals surface area contributed by atoms with E-state index in [0.29, 0.717) is 13.2 Å². The van der Waals surface area contributed by atoms with Crippen molar-refractivity contribution in [3.8, 4) is 5.75 Å². The largest absolute Gasteiger partial charge is 0.506 e. The lowest BCUT2D eigenvalue weighted by atomic mass is 10.3. The Hall–Kier alpha value is -1.31. The van der Waals surface area contributed by atoms with E-state index in [1.165, 1.54) is 29.6 Å². The summed E-state index contributed by atoms with van der Waals surface area (Å²) in [6.07, 6.45) is 1.74. The van der Waals surface area contributed by atoms with E-state index in [1.807, 2.05) is 0 Å². The minimum Gasteiger partial charge on any atom is -0.506 e. The third-order valence-electron chi connectivity index (χ3n) is 3.08. The number of nitrogens with zero attached hydrogens (tertiary/aromatic N) is 1. The molecule has 6 nitrogen and oxygen atoms in total. The molecule has 0 spiro atoms. The molecule has 0 unspecified atom stereocenters. The summed E-state index contributed by atoms with van der Waals surface area (Å²) >= 11 is 0. The molecule has 1 aromatic rings. The second-order valence-corrected chi connectivity index (χ2v) is 6.45. The van der Waals surface area contributed by atoms with Crippen LogP contribution in [0.25, 0.3) is 0 Å². The van der Waals surface area contributed by atoms with Gasteiger partial charge >= 0.3 is 0 Å². The molecular formula is C12H18N2O4S. The first-order chi connectivity index (χ1) is 8.96. The zero-order valence-electron chi connectivity index (χ0n) is 10.7. The van der Waals surface area contributed by atoms with Gasteiger partial charge in [0.2, 0.25) is 10.0 Å². The summed E-state index contributed by atoms with van der Waals surface area (Å²) in [4.78, 5) is 0.103. The van der Waals surface area contributed by atoms with Crippen LogP contribution in [-0.4, -0.2) is 44.1 Å². The SMILES string of the molecule is COCCN(C1CC1)S(=O)(=O)c1ccc(O)c(N)c1. The Kier molecular flexibility index (Phi) is 3.98. The van der Waals surface area contributed by atoms with Gasteiger partial charge in [-0.15, -0.1) is 0 Å². The van der Waals surface area contributed by atoms with Gasteiger partial charge in [0.1, 0.15) is 5.75 Å². The van der Waals surface area contributed by atoms with E-state index < -0.39 is 10.0 Å². The lowest BCUT2D eigenvalue weighted by Gasteiger charge is -2.21. The van der Waals surface area contributed by atoms with E-state index in [-0.39, 0.29) is 22.4 Å². The number of nitrogen functional groups attached to an aromatic ring is 1. The van der Waals surface area contributed by atoms with Crippen LogP contribution in [-0.2, 0) is 14.8 Å². The van der Waals surface area contributed by atoms with Crippen molar-refractivity contribution in [2.24, 2.45) is 0 Å². The van der Waals surface area contributed by atoms with Crippen molar-refractivity contribution in [2.75, 3.05) is 26.0 Å².